The summed E-state index contributed by atoms with van der Waals surface area (Å²) in [6.07, 6.45) is 6.24. The molecular weight excluding hydrogens is 242 g/mol. The van der Waals surface area contributed by atoms with Crippen LogP contribution in [-0.2, 0) is 14.8 Å². The van der Waals surface area contributed by atoms with Crippen molar-refractivity contribution in [2.75, 3.05) is 18.1 Å². The number of carbonyl (C=O) groups excluding carboxylic acids is 1. The average Bonchev–Trinajstić information content (AvgIpc) is 2.25. The Morgan fingerprint density at radius 1 is 1.47 bits per heavy atom. The lowest BCUT2D eigenvalue weighted by atomic mass is 10.1. The molecule has 0 unspecified atom stereocenters. The van der Waals surface area contributed by atoms with Crippen LogP contribution in [0.1, 0.15) is 15.9 Å². The van der Waals surface area contributed by atoms with Crippen LogP contribution in [0.25, 0.3) is 0 Å². The van der Waals surface area contributed by atoms with E-state index in [0.29, 0.717) is 5.56 Å². The minimum absolute atomic E-state index is 0.142. The molecule has 0 bridgehead atoms. The molecule has 0 saturated carbocycles. The van der Waals surface area contributed by atoms with E-state index in [1.54, 1.807) is 0 Å². The summed E-state index contributed by atoms with van der Waals surface area (Å²) in [6, 6.07) is 4.28. The first-order valence-corrected chi connectivity index (χ1v) is 6.43. The van der Waals surface area contributed by atoms with Crippen LogP contribution in [0.2, 0.25) is 0 Å². The Balaban J connectivity index is 3.24. The fourth-order valence-electron chi connectivity index (χ4n) is 1.23. The zero-order valence-corrected chi connectivity index (χ0v) is 10.2. The standard InChI is InChI=1S/C11H11NO4S/c1-4-8-5-6-9(12-17(3,14)15)7-10(8)11(13)16-2/h1,5-7,12H,2-3H3. The van der Waals surface area contributed by atoms with Crippen molar-refractivity contribution in [2.45, 2.75) is 0 Å². The molecule has 0 aliphatic heterocycles. The van der Waals surface area contributed by atoms with E-state index >= 15 is 0 Å². The van der Waals surface area contributed by atoms with Gasteiger partial charge in [0.2, 0.25) is 10.0 Å². The number of terminal acetylenes is 1. The van der Waals surface area contributed by atoms with Crippen LogP contribution in [0, 0.1) is 12.3 Å². The number of benzene rings is 1. The number of carbonyl (C=O) groups is 1. The number of nitrogens with one attached hydrogen (secondary N) is 1. The second-order valence-electron chi connectivity index (χ2n) is 3.27. The Hall–Kier alpha value is -2.00. The Morgan fingerprint density at radius 2 is 2.12 bits per heavy atom. The number of sulfonamides is 1. The Morgan fingerprint density at radius 3 is 2.59 bits per heavy atom. The fourth-order valence-corrected chi connectivity index (χ4v) is 1.78. The maximum atomic E-state index is 11.4. The second kappa shape index (κ2) is 4.89. The molecule has 1 aromatic carbocycles. The van der Waals surface area contributed by atoms with E-state index in [1.165, 1.54) is 25.3 Å². The van der Waals surface area contributed by atoms with Gasteiger partial charge in [-0.05, 0) is 18.2 Å². The molecule has 5 nitrogen and oxygen atoms in total. The predicted molar refractivity (Wildman–Crippen MR) is 64.2 cm³/mol. The van der Waals surface area contributed by atoms with Gasteiger partial charge in [0, 0.05) is 11.3 Å². The Kier molecular flexibility index (Phi) is 3.76. The summed E-state index contributed by atoms with van der Waals surface area (Å²) in [4.78, 5) is 11.4. The van der Waals surface area contributed by atoms with E-state index in [2.05, 4.69) is 15.4 Å². The Labute approximate surface area is 99.8 Å². The Bertz CT molecular complexity index is 584. The average molecular weight is 253 g/mol. The molecule has 17 heavy (non-hydrogen) atoms. The number of esters is 1. The van der Waals surface area contributed by atoms with Gasteiger partial charge in [0.1, 0.15) is 0 Å². The summed E-state index contributed by atoms with van der Waals surface area (Å²) in [7, 11) is -2.18. The molecule has 0 saturated heterocycles. The smallest absolute Gasteiger partial charge is 0.339 e. The van der Waals surface area contributed by atoms with Gasteiger partial charge < -0.3 is 4.74 Å². The van der Waals surface area contributed by atoms with Crippen molar-refractivity contribution in [3.8, 4) is 12.3 Å². The first-order valence-electron chi connectivity index (χ1n) is 4.54. The summed E-state index contributed by atoms with van der Waals surface area (Å²) in [5.74, 6) is 1.71. The van der Waals surface area contributed by atoms with Crippen LogP contribution in [-0.4, -0.2) is 27.8 Å². The quantitative estimate of drug-likeness (QED) is 0.639. The second-order valence-corrected chi connectivity index (χ2v) is 5.02. The molecule has 0 radical (unpaired) electrons. The largest absolute Gasteiger partial charge is 0.465 e. The molecule has 0 amide bonds. The van der Waals surface area contributed by atoms with Gasteiger partial charge in [0.15, 0.2) is 0 Å². The number of hydrogen-bond donors (Lipinski definition) is 1. The zero-order chi connectivity index (χ0) is 13.1. The number of rotatable bonds is 3. The molecule has 0 heterocycles. The maximum Gasteiger partial charge on any atom is 0.339 e. The van der Waals surface area contributed by atoms with Crippen molar-refractivity contribution in [2.24, 2.45) is 0 Å². The molecule has 0 spiro atoms. The highest BCUT2D eigenvalue weighted by atomic mass is 32.2. The van der Waals surface area contributed by atoms with Crippen LogP contribution in [0.3, 0.4) is 0 Å². The van der Waals surface area contributed by atoms with Crippen molar-refractivity contribution in [1.82, 2.24) is 0 Å². The lowest BCUT2D eigenvalue weighted by molar-refractivity contribution is 0.0600. The minimum atomic E-state index is -3.40. The van der Waals surface area contributed by atoms with Gasteiger partial charge in [0.05, 0.1) is 18.9 Å². The molecule has 0 fully saturated rings. The zero-order valence-electron chi connectivity index (χ0n) is 9.35. The lowest BCUT2D eigenvalue weighted by Gasteiger charge is -2.07. The molecule has 90 valence electrons. The molecule has 0 aromatic heterocycles. The summed E-state index contributed by atoms with van der Waals surface area (Å²) in [5, 5.41) is 0. The molecule has 0 aliphatic rings. The highest BCUT2D eigenvalue weighted by Gasteiger charge is 2.12. The van der Waals surface area contributed by atoms with E-state index in [4.69, 9.17) is 6.42 Å². The van der Waals surface area contributed by atoms with E-state index in [9.17, 15) is 13.2 Å². The lowest BCUT2D eigenvalue weighted by Crippen LogP contribution is -2.11. The maximum absolute atomic E-state index is 11.4. The molecule has 6 heteroatoms. The van der Waals surface area contributed by atoms with Gasteiger partial charge in [0.25, 0.3) is 0 Å². The van der Waals surface area contributed by atoms with Crippen LogP contribution >= 0.6 is 0 Å². The number of methoxy groups -OCH3 is 1. The molecular formula is C11H11NO4S. The highest BCUT2D eigenvalue weighted by molar-refractivity contribution is 7.92. The van der Waals surface area contributed by atoms with Gasteiger partial charge in [-0.15, -0.1) is 6.42 Å². The highest BCUT2D eigenvalue weighted by Crippen LogP contribution is 2.17. The molecule has 1 rings (SSSR count). The third-order valence-electron chi connectivity index (χ3n) is 1.88. The summed E-state index contributed by atoms with van der Waals surface area (Å²) in [5.41, 5.74) is 0.742. The fraction of sp³-hybridized carbons (Fsp3) is 0.182. The predicted octanol–water partition coefficient (Wildman–Crippen LogP) is 0.826. The van der Waals surface area contributed by atoms with Gasteiger partial charge in [-0.3, -0.25) is 4.72 Å². The van der Waals surface area contributed by atoms with E-state index in [0.717, 1.165) is 6.26 Å². The normalized spacial score (nSPS) is 10.4. The summed E-state index contributed by atoms with van der Waals surface area (Å²) in [6.45, 7) is 0. The van der Waals surface area contributed by atoms with Crippen LogP contribution in [0.15, 0.2) is 18.2 Å². The minimum Gasteiger partial charge on any atom is -0.465 e. The van der Waals surface area contributed by atoms with Crippen molar-refractivity contribution in [3.05, 3.63) is 29.3 Å². The molecule has 0 aliphatic carbocycles. The van der Waals surface area contributed by atoms with Crippen LogP contribution in [0.4, 0.5) is 5.69 Å². The van der Waals surface area contributed by atoms with Gasteiger partial charge in [-0.25, -0.2) is 13.2 Å². The summed E-state index contributed by atoms with van der Waals surface area (Å²) >= 11 is 0. The molecule has 1 N–H and O–H groups in total. The van der Waals surface area contributed by atoms with E-state index < -0.39 is 16.0 Å². The molecule has 1 aromatic rings. The van der Waals surface area contributed by atoms with Crippen LogP contribution < -0.4 is 4.72 Å². The third-order valence-corrected chi connectivity index (χ3v) is 2.49. The van der Waals surface area contributed by atoms with Gasteiger partial charge in [-0.1, -0.05) is 5.92 Å². The monoisotopic (exact) mass is 253 g/mol. The van der Waals surface area contributed by atoms with Gasteiger partial charge >= 0.3 is 5.97 Å². The topological polar surface area (TPSA) is 72.5 Å². The summed E-state index contributed by atoms with van der Waals surface area (Å²) < 4.78 is 28.9. The van der Waals surface area contributed by atoms with Crippen LogP contribution in [0.5, 0.6) is 0 Å². The van der Waals surface area contributed by atoms with Gasteiger partial charge in [-0.2, -0.15) is 0 Å². The first kappa shape index (κ1) is 13.1. The van der Waals surface area contributed by atoms with E-state index in [-0.39, 0.29) is 11.3 Å². The third kappa shape index (κ3) is 3.50. The van der Waals surface area contributed by atoms with Crippen molar-refractivity contribution >= 4 is 21.7 Å². The SMILES string of the molecule is C#Cc1ccc(NS(C)(=O)=O)cc1C(=O)OC. The molecule has 0 atom stereocenters. The number of hydrogen-bond acceptors (Lipinski definition) is 4. The van der Waals surface area contributed by atoms with E-state index in [1.807, 2.05) is 0 Å². The van der Waals surface area contributed by atoms with Crippen molar-refractivity contribution < 1.29 is 17.9 Å². The number of ether oxygens (including phenoxy) is 1. The van der Waals surface area contributed by atoms with Crippen molar-refractivity contribution in [3.63, 3.8) is 0 Å². The number of anilines is 1. The van der Waals surface area contributed by atoms with Crippen molar-refractivity contribution in [1.29, 1.82) is 0 Å². The first-order chi connectivity index (χ1) is 7.87.